The lowest BCUT2D eigenvalue weighted by atomic mass is 10.1. The highest BCUT2D eigenvalue weighted by Crippen LogP contribution is 2.31. The summed E-state index contributed by atoms with van der Waals surface area (Å²) in [5.74, 6) is -0.0862. The molecule has 3 rings (SSSR count). The molecule has 0 bridgehead atoms. The highest BCUT2D eigenvalue weighted by atomic mass is 35.5. The summed E-state index contributed by atoms with van der Waals surface area (Å²) in [6, 6.07) is 10.4. The van der Waals surface area contributed by atoms with Gasteiger partial charge in [0.15, 0.2) is 5.78 Å². The second kappa shape index (κ2) is 7.86. The van der Waals surface area contributed by atoms with Gasteiger partial charge in [-0.2, -0.15) is 0 Å². The van der Waals surface area contributed by atoms with Crippen LogP contribution < -0.4 is 0 Å². The Balaban J connectivity index is 1.69. The van der Waals surface area contributed by atoms with Crippen LogP contribution in [0.3, 0.4) is 0 Å². The summed E-state index contributed by atoms with van der Waals surface area (Å²) in [4.78, 5) is 22.4. The summed E-state index contributed by atoms with van der Waals surface area (Å²) in [5, 5.41) is 19.6. The number of non-ortho nitro benzene ring substituents is 1. The minimum Gasteiger partial charge on any atom is -0.411 e. The van der Waals surface area contributed by atoms with E-state index >= 15 is 0 Å². The van der Waals surface area contributed by atoms with Crippen molar-refractivity contribution < 1.29 is 14.1 Å². The van der Waals surface area contributed by atoms with E-state index in [-0.39, 0.29) is 33.9 Å². The van der Waals surface area contributed by atoms with Crippen molar-refractivity contribution in [3.8, 4) is 11.5 Å². The van der Waals surface area contributed by atoms with E-state index in [0.717, 1.165) is 11.8 Å². The van der Waals surface area contributed by atoms with Gasteiger partial charge in [0.25, 0.3) is 10.9 Å². The number of nitrogens with zero attached hydrogens (tertiary/aromatic N) is 3. The van der Waals surface area contributed by atoms with E-state index in [1.165, 1.54) is 24.3 Å². The van der Waals surface area contributed by atoms with Crippen LogP contribution in [-0.2, 0) is 0 Å². The van der Waals surface area contributed by atoms with Crippen molar-refractivity contribution in [3.63, 3.8) is 0 Å². The molecule has 7 nitrogen and oxygen atoms in total. The summed E-state index contributed by atoms with van der Waals surface area (Å²) in [7, 11) is 0. The molecule has 2 aromatic carbocycles. The van der Waals surface area contributed by atoms with Gasteiger partial charge in [-0.05, 0) is 18.2 Å². The molecule has 0 aliphatic carbocycles. The maximum atomic E-state index is 12.2. The molecule has 0 amide bonds. The Morgan fingerprint density at radius 3 is 2.73 bits per heavy atom. The number of aromatic nitrogens is 2. The summed E-state index contributed by atoms with van der Waals surface area (Å²) in [6.07, 6.45) is 0. The first-order valence-electron chi connectivity index (χ1n) is 7.13. The molecule has 1 heterocycles. The minimum absolute atomic E-state index is 0.00283. The van der Waals surface area contributed by atoms with Gasteiger partial charge in [-0.15, -0.1) is 10.2 Å². The zero-order valence-electron chi connectivity index (χ0n) is 12.9. The van der Waals surface area contributed by atoms with Gasteiger partial charge >= 0.3 is 0 Å². The fourth-order valence-corrected chi connectivity index (χ4v) is 3.19. The molecule has 0 unspecified atom stereocenters. The van der Waals surface area contributed by atoms with Gasteiger partial charge in [-0.25, -0.2) is 0 Å². The number of carbonyl (C=O) groups is 1. The number of Topliss-reactive ketones (excluding diaryl/α,β-unsaturated/α-hetero) is 1. The Kier molecular flexibility index (Phi) is 5.55. The summed E-state index contributed by atoms with van der Waals surface area (Å²) >= 11 is 13.0. The van der Waals surface area contributed by atoms with Crippen molar-refractivity contribution in [1.29, 1.82) is 0 Å². The second-order valence-electron chi connectivity index (χ2n) is 5.02. The van der Waals surface area contributed by atoms with Crippen molar-refractivity contribution in [3.05, 3.63) is 68.2 Å². The van der Waals surface area contributed by atoms with Gasteiger partial charge < -0.3 is 4.42 Å². The number of thioether (sulfide) groups is 1. The summed E-state index contributed by atoms with van der Waals surface area (Å²) in [6.45, 7) is 0. The highest BCUT2D eigenvalue weighted by molar-refractivity contribution is 7.99. The smallest absolute Gasteiger partial charge is 0.277 e. The first kappa shape index (κ1) is 18.4. The normalized spacial score (nSPS) is 10.7. The quantitative estimate of drug-likeness (QED) is 0.246. The van der Waals surface area contributed by atoms with Crippen LogP contribution >= 0.6 is 35.0 Å². The predicted octanol–water partition coefficient (Wildman–Crippen LogP) is 4.93. The summed E-state index contributed by atoms with van der Waals surface area (Å²) < 4.78 is 5.49. The molecule has 10 heteroatoms. The Labute approximate surface area is 161 Å². The standard InChI is InChI=1S/C16H9Cl2N3O4S/c17-10-4-5-12(13(18)7-10)15-19-20-16(25-15)26-8-14(22)9-2-1-3-11(6-9)21(23)24/h1-7H,8H2. The number of nitro benzene ring substituents is 1. The molecule has 0 aliphatic heterocycles. The fourth-order valence-electron chi connectivity index (χ4n) is 2.04. The lowest BCUT2D eigenvalue weighted by Crippen LogP contribution is -2.03. The Morgan fingerprint density at radius 2 is 2.00 bits per heavy atom. The number of nitro groups is 1. The number of rotatable bonds is 6. The van der Waals surface area contributed by atoms with Gasteiger partial charge in [0.1, 0.15) is 0 Å². The average molecular weight is 410 g/mol. The Hall–Kier alpha value is -2.42. The third-order valence-corrected chi connectivity index (χ3v) is 4.64. The minimum atomic E-state index is -0.552. The van der Waals surface area contributed by atoms with E-state index < -0.39 is 4.92 Å². The lowest BCUT2D eigenvalue weighted by molar-refractivity contribution is -0.384. The van der Waals surface area contributed by atoms with Gasteiger partial charge in [0, 0.05) is 22.7 Å². The van der Waals surface area contributed by atoms with Crippen LogP contribution in [0.1, 0.15) is 10.4 Å². The van der Waals surface area contributed by atoms with Gasteiger partial charge in [-0.3, -0.25) is 14.9 Å². The number of halogens is 2. The first-order chi connectivity index (χ1) is 12.4. The molecule has 3 aromatic rings. The Bertz CT molecular complexity index is 993. The van der Waals surface area contributed by atoms with E-state index in [1.54, 1.807) is 18.2 Å². The molecule has 1 aromatic heterocycles. The largest absolute Gasteiger partial charge is 0.411 e. The molecule has 0 radical (unpaired) electrons. The monoisotopic (exact) mass is 409 g/mol. The number of hydrogen-bond acceptors (Lipinski definition) is 7. The molecule has 0 fully saturated rings. The zero-order valence-corrected chi connectivity index (χ0v) is 15.2. The fraction of sp³-hybridized carbons (Fsp3) is 0.0625. The molecule has 132 valence electrons. The maximum Gasteiger partial charge on any atom is 0.277 e. The number of carbonyl (C=O) groups excluding carboxylic acids is 1. The highest BCUT2D eigenvalue weighted by Gasteiger charge is 2.16. The van der Waals surface area contributed by atoms with Crippen LogP contribution in [0.4, 0.5) is 5.69 Å². The molecule has 0 saturated carbocycles. The van der Waals surface area contributed by atoms with E-state index in [4.69, 9.17) is 27.6 Å². The first-order valence-corrected chi connectivity index (χ1v) is 8.87. The molecular weight excluding hydrogens is 401 g/mol. The third-order valence-electron chi connectivity index (χ3n) is 3.27. The second-order valence-corrected chi connectivity index (χ2v) is 6.79. The van der Waals surface area contributed by atoms with Gasteiger partial charge in [0.05, 0.1) is 21.3 Å². The Morgan fingerprint density at radius 1 is 1.19 bits per heavy atom. The molecular formula is C16H9Cl2N3O4S. The number of benzene rings is 2. The van der Waals surface area contributed by atoms with E-state index in [9.17, 15) is 14.9 Å². The van der Waals surface area contributed by atoms with Crippen molar-refractivity contribution >= 4 is 46.4 Å². The van der Waals surface area contributed by atoms with Crippen LogP contribution in [0.5, 0.6) is 0 Å². The van der Waals surface area contributed by atoms with Crippen molar-refractivity contribution in [1.82, 2.24) is 10.2 Å². The van der Waals surface area contributed by atoms with E-state index in [0.29, 0.717) is 15.6 Å². The summed E-state index contributed by atoms with van der Waals surface area (Å²) in [5.41, 5.74) is 0.630. The molecule has 0 saturated heterocycles. The number of ketones is 1. The van der Waals surface area contributed by atoms with Crippen LogP contribution in [0.15, 0.2) is 52.1 Å². The topological polar surface area (TPSA) is 99.1 Å². The third kappa shape index (κ3) is 4.21. The van der Waals surface area contributed by atoms with Gasteiger partial charge in [-0.1, -0.05) is 47.1 Å². The van der Waals surface area contributed by atoms with Crippen LogP contribution in [0.25, 0.3) is 11.5 Å². The van der Waals surface area contributed by atoms with Crippen LogP contribution in [0, 0.1) is 10.1 Å². The average Bonchev–Trinajstić information content (AvgIpc) is 3.08. The van der Waals surface area contributed by atoms with Gasteiger partial charge in [0.2, 0.25) is 5.89 Å². The van der Waals surface area contributed by atoms with E-state index in [2.05, 4.69) is 10.2 Å². The molecule has 0 aliphatic rings. The van der Waals surface area contributed by atoms with Crippen molar-refractivity contribution in [2.45, 2.75) is 5.22 Å². The molecule has 0 spiro atoms. The predicted molar refractivity (Wildman–Crippen MR) is 97.9 cm³/mol. The van der Waals surface area contributed by atoms with Crippen LogP contribution in [-0.4, -0.2) is 26.7 Å². The van der Waals surface area contributed by atoms with Crippen molar-refractivity contribution in [2.75, 3.05) is 5.75 Å². The van der Waals surface area contributed by atoms with Crippen molar-refractivity contribution in [2.24, 2.45) is 0 Å². The molecule has 0 atom stereocenters. The molecule has 26 heavy (non-hydrogen) atoms. The number of hydrogen-bond donors (Lipinski definition) is 0. The SMILES string of the molecule is O=C(CSc1nnc(-c2ccc(Cl)cc2Cl)o1)c1cccc([N+](=O)[O-])c1. The molecule has 0 N–H and O–H groups in total. The maximum absolute atomic E-state index is 12.2. The van der Waals surface area contributed by atoms with E-state index in [1.807, 2.05) is 0 Å². The lowest BCUT2D eigenvalue weighted by Gasteiger charge is -2.00. The zero-order chi connectivity index (χ0) is 18.7. The van der Waals surface area contributed by atoms with Crippen LogP contribution in [0.2, 0.25) is 10.0 Å².